The van der Waals surface area contributed by atoms with Gasteiger partial charge in [0.25, 0.3) is 0 Å². The van der Waals surface area contributed by atoms with Gasteiger partial charge in [0.2, 0.25) is 0 Å². The van der Waals surface area contributed by atoms with Crippen molar-refractivity contribution in [3.05, 3.63) is 11.6 Å². The SMILES string of the molecule is CO[C@@H]1CC(/C=C(\C)C(C)C)CCC1OCCCOCC1CCCC(=O)O1. The molecule has 1 heterocycles. The Balaban J connectivity index is 1.60. The smallest absolute Gasteiger partial charge is 0.306 e. The Bertz CT molecular complexity index is 473. The van der Waals surface area contributed by atoms with Crippen molar-refractivity contribution in [3.63, 3.8) is 0 Å². The summed E-state index contributed by atoms with van der Waals surface area (Å²) in [5.41, 5.74) is 1.47. The molecular formula is C22H38O5. The molecule has 156 valence electrons. The van der Waals surface area contributed by atoms with Crippen molar-refractivity contribution in [1.29, 1.82) is 0 Å². The van der Waals surface area contributed by atoms with Crippen LogP contribution in [0.2, 0.25) is 0 Å². The quantitative estimate of drug-likeness (QED) is 0.320. The topological polar surface area (TPSA) is 54.0 Å². The minimum Gasteiger partial charge on any atom is -0.460 e. The molecule has 0 radical (unpaired) electrons. The highest BCUT2D eigenvalue weighted by atomic mass is 16.6. The zero-order valence-corrected chi connectivity index (χ0v) is 17.6. The Hall–Kier alpha value is -0.910. The summed E-state index contributed by atoms with van der Waals surface area (Å²) in [7, 11) is 1.79. The molecule has 5 nitrogen and oxygen atoms in total. The number of cyclic esters (lactones) is 1. The third-order valence-electron chi connectivity index (χ3n) is 5.76. The van der Waals surface area contributed by atoms with E-state index in [-0.39, 0.29) is 24.3 Å². The van der Waals surface area contributed by atoms with Gasteiger partial charge in [-0.15, -0.1) is 0 Å². The lowest BCUT2D eigenvalue weighted by atomic mass is 9.83. The van der Waals surface area contributed by atoms with E-state index in [2.05, 4.69) is 26.8 Å². The number of esters is 1. The summed E-state index contributed by atoms with van der Waals surface area (Å²) in [6, 6.07) is 0. The Morgan fingerprint density at radius 3 is 2.74 bits per heavy atom. The molecular weight excluding hydrogens is 344 g/mol. The van der Waals surface area contributed by atoms with Crippen LogP contribution in [-0.2, 0) is 23.7 Å². The van der Waals surface area contributed by atoms with Crippen molar-refractivity contribution in [3.8, 4) is 0 Å². The normalized spacial score (nSPS) is 29.8. The molecule has 0 aromatic carbocycles. The minimum atomic E-state index is -0.0992. The Labute approximate surface area is 164 Å². The lowest BCUT2D eigenvalue weighted by Crippen LogP contribution is -2.37. The highest BCUT2D eigenvalue weighted by Gasteiger charge is 2.30. The van der Waals surface area contributed by atoms with Crippen LogP contribution in [0.15, 0.2) is 11.6 Å². The Morgan fingerprint density at radius 2 is 2.04 bits per heavy atom. The number of rotatable bonds is 10. The van der Waals surface area contributed by atoms with Crippen LogP contribution >= 0.6 is 0 Å². The Morgan fingerprint density at radius 1 is 1.22 bits per heavy atom. The van der Waals surface area contributed by atoms with E-state index in [1.165, 1.54) is 5.57 Å². The molecule has 0 aromatic rings. The average Bonchev–Trinajstić information content (AvgIpc) is 2.65. The second-order valence-corrected chi connectivity index (χ2v) is 8.25. The number of hydrogen-bond donors (Lipinski definition) is 0. The number of ether oxygens (including phenoxy) is 4. The molecule has 0 N–H and O–H groups in total. The summed E-state index contributed by atoms with van der Waals surface area (Å²) in [6.45, 7) is 8.53. The molecule has 2 fully saturated rings. The van der Waals surface area contributed by atoms with Gasteiger partial charge >= 0.3 is 5.97 Å². The van der Waals surface area contributed by atoms with Gasteiger partial charge in [-0.3, -0.25) is 4.79 Å². The van der Waals surface area contributed by atoms with Gasteiger partial charge in [-0.25, -0.2) is 0 Å². The molecule has 4 atom stereocenters. The molecule has 1 aliphatic carbocycles. The van der Waals surface area contributed by atoms with Crippen LogP contribution in [0.4, 0.5) is 0 Å². The fourth-order valence-electron chi connectivity index (χ4n) is 3.79. The van der Waals surface area contributed by atoms with Crippen LogP contribution in [0, 0.1) is 11.8 Å². The average molecular weight is 383 g/mol. The first-order valence-electron chi connectivity index (χ1n) is 10.6. The molecule has 1 aliphatic heterocycles. The fraction of sp³-hybridized carbons (Fsp3) is 0.864. The van der Waals surface area contributed by atoms with Gasteiger partial charge in [0, 0.05) is 26.7 Å². The van der Waals surface area contributed by atoms with Crippen molar-refractivity contribution in [2.75, 3.05) is 26.9 Å². The van der Waals surface area contributed by atoms with Gasteiger partial charge < -0.3 is 18.9 Å². The zero-order chi connectivity index (χ0) is 19.6. The maximum atomic E-state index is 11.2. The summed E-state index contributed by atoms with van der Waals surface area (Å²) < 4.78 is 22.7. The van der Waals surface area contributed by atoms with Gasteiger partial charge in [-0.05, 0) is 57.3 Å². The fourth-order valence-corrected chi connectivity index (χ4v) is 3.79. The highest BCUT2D eigenvalue weighted by Crippen LogP contribution is 2.31. The monoisotopic (exact) mass is 382 g/mol. The number of allylic oxidation sites excluding steroid dienone is 2. The lowest BCUT2D eigenvalue weighted by Gasteiger charge is -2.34. The maximum Gasteiger partial charge on any atom is 0.306 e. The summed E-state index contributed by atoms with van der Waals surface area (Å²) in [6.07, 6.45) is 9.16. The van der Waals surface area contributed by atoms with Gasteiger partial charge in [0.05, 0.1) is 18.8 Å². The van der Waals surface area contributed by atoms with Gasteiger partial charge in [-0.1, -0.05) is 25.5 Å². The van der Waals surface area contributed by atoms with Crippen LogP contribution in [0.3, 0.4) is 0 Å². The van der Waals surface area contributed by atoms with E-state index in [9.17, 15) is 4.79 Å². The van der Waals surface area contributed by atoms with E-state index in [1.807, 2.05) is 0 Å². The van der Waals surface area contributed by atoms with Gasteiger partial charge in [0.1, 0.15) is 6.10 Å². The molecule has 0 aromatic heterocycles. The first-order valence-corrected chi connectivity index (χ1v) is 10.6. The molecule has 1 saturated heterocycles. The zero-order valence-electron chi connectivity index (χ0n) is 17.6. The molecule has 1 saturated carbocycles. The number of hydrogen-bond acceptors (Lipinski definition) is 5. The number of carbonyl (C=O) groups excluding carboxylic acids is 1. The first-order chi connectivity index (χ1) is 13.0. The predicted molar refractivity (Wildman–Crippen MR) is 106 cm³/mol. The van der Waals surface area contributed by atoms with Crippen LogP contribution in [0.1, 0.15) is 65.7 Å². The van der Waals surface area contributed by atoms with Crippen molar-refractivity contribution >= 4 is 5.97 Å². The molecule has 2 aliphatic rings. The summed E-state index contributed by atoms with van der Waals surface area (Å²) in [5.74, 6) is 1.11. The van der Waals surface area contributed by atoms with E-state index in [0.717, 1.165) is 38.5 Å². The Kier molecular flexibility index (Phi) is 9.80. The molecule has 3 unspecified atom stereocenters. The number of carbonyl (C=O) groups is 1. The van der Waals surface area contributed by atoms with Crippen LogP contribution in [0.5, 0.6) is 0 Å². The second-order valence-electron chi connectivity index (χ2n) is 8.25. The third-order valence-corrected chi connectivity index (χ3v) is 5.76. The summed E-state index contributed by atoms with van der Waals surface area (Å²) >= 11 is 0. The molecule has 2 rings (SSSR count). The van der Waals surface area contributed by atoms with Crippen molar-refractivity contribution in [1.82, 2.24) is 0 Å². The summed E-state index contributed by atoms with van der Waals surface area (Å²) in [5, 5.41) is 0. The van der Waals surface area contributed by atoms with Crippen LogP contribution in [0.25, 0.3) is 0 Å². The second kappa shape index (κ2) is 11.8. The summed E-state index contributed by atoms with van der Waals surface area (Å²) in [4.78, 5) is 11.2. The van der Waals surface area contributed by atoms with Crippen LogP contribution < -0.4 is 0 Å². The largest absolute Gasteiger partial charge is 0.460 e. The van der Waals surface area contributed by atoms with Gasteiger partial charge in [-0.2, -0.15) is 0 Å². The third kappa shape index (κ3) is 7.92. The molecule has 0 spiro atoms. The van der Waals surface area contributed by atoms with E-state index in [0.29, 0.717) is 38.1 Å². The highest BCUT2D eigenvalue weighted by molar-refractivity contribution is 5.70. The van der Waals surface area contributed by atoms with E-state index < -0.39 is 0 Å². The first kappa shape index (κ1) is 22.4. The maximum absolute atomic E-state index is 11.2. The van der Waals surface area contributed by atoms with Crippen molar-refractivity contribution in [2.45, 2.75) is 84.0 Å². The lowest BCUT2D eigenvalue weighted by molar-refractivity contribution is -0.157. The minimum absolute atomic E-state index is 0.0670. The molecule has 0 amide bonds. The molecule has 5 heteroatoms. The van der Waals surface area contributed by atoms with E-state index >= 15 is 0 Å². The molecule has 27 heavy (non-hydrogen) atoms. The van der Waals surface area contributed by atoms with Crippen LogP contribution in [-0.4, -0.2) is 51.2 Å². The molecule has 0 bridgehead atoms. The van der Waals surface area contributed by atoms with E-state index in [1.54, 1.807) is 7.11 Å². The van der Waals surface area contributed by atoms with Gasteiger partial charge in [0.15, 0.2) is 0 Å². The van der Waals surface area contributed by atoms with E-state index in [4.69, 9.17) is 18.9 Å². The van der Waals surface area contributed by atoms with Crippen molar-refractivity contribution in [2.24, 2.45) is 11.8 Å². The number of methoxy groups -OCH3 is 1. The van der Waals surface area contributed by atoms with Crippen molar-refractivity contribution < 1.29 is 23.7 Å². The standard InChI is InChI=1S/C22H38O5/c1-16(2)17(3)13-18-9-10-20(21(14-18)24-4)26-12-6-11-25-15-19-7-5-8-22(23)27-19/h13,16,18-21H,5-12,14-15H2,1-4H3/b17-13+/t18?,19?,20?,21-/m1/s1. The predicted octanol–water partition coefficient (Wildman–Crippen LogP) is 4.29.